The van der Waals surface area contributed by atoms with E-state index in [9.17, 15) is 14.4 Å². The van der Waals surface area contributed by atoms with Gasteiger partial charge in [0.2, 0.25) is 11.8 Å². The lowest BCUT2D eigenvalue weighted by molar-refractivity contribution is -0.121. The summed E-state index contributed by atoms with van der Waals surface area (Å²) in [6.45, 7) is 3.56. The second-order valence-corrected chi connectivity index (χ2v) is 7.57. The minimum Gasteiger partial charge on any atom is -0.360 e. The number of aryl methyl sites for hydroxylation is 1. The highest BCUT2D eigenvalue weighted by atomic mass is 16.5. The zero-order chi connectivity index (χ0) is 20.4. The number of nitrogens with zero attached hydrogens (tertiary/aromatic N) is 3. The predicted octanol–water partition coefficient (Wildman–Crippen LogP) is 2.60. The van der Waals surface area contributed by atoms with Crippen molar-refractivity contribution in [1.82, 2.24) is 10.1 Å². The molecule has 0 saturated carbocycles. The van der Waals surface area contributed by atoms with Crippen LogP contribution < -0.4 is 10.2 Å². The largest absolute Gasteiger partial charge is 0.360 e. The van der Waals surface area contributed by atoms with Crippen LogP contribution in [0.15, 0.2) is 34.9 Å². The van der Waals surface area contributed by atoms with Crippen LogP contribution in [0.2, 0.25) is 0 Å². The Hall–Kier alpha value is -3.16. The van der Waals surface area contributed by atoms with Crippen LogP contribution in [0.1, 0.15) is 41.8 Å². The van der Waals surface area contributed by atoms with Crippen LogP contribution in [0.5, 0.6) is 0 Å². The van der Waals surface area contributed by atoms with Gasteiger partial charge in [-0.1, -0.05) is 5.16 Å². The molecule has 2 aliphatic heterocycles. The second-order valence-electron chi connectivity index (χ2n) is 7.57. The number of benzene rings is 1. The monoisotopic (exact) mass is 396 g/mol. The molecule has 1 aromatic heterocycles. The molecule has 4 rings (SSSR count). The van der Waals surface area contributed by atoms with E-state index in [0.717, 1.165) is 18.7 Å². The van der Waals surface area contributed by atoms with Gasteiger partial charge in [-0.05, 0) is 50.5 Å². The highest BCUT2D eigenvalue weighted by Gasteiger charge is 2.28. The number of aromatic nitrogens is 1. The molecule has 29 heavy (non-hydrogen) atoms. The van der Waals surface area contributed by atoms with E-state index in [0.29, 0.717) is 49.5 Å². The molecule has 0 radical (unpaired) electrons. The van der Waals surface area contributed by atoms with Gasteiger partial charge in [0.25, 0.3) is 5.91 Å². The number of carbonyl (C=O) groups excluding carboxylic acids is 3. The fourth-order valence-corrected chi connectivity index (χ4v) is 3.89. The summed E-state index contributed by atoms with van der Waals surface area (Å²) in [5, 5.41) is 6.54. The Balaban J connectivity index is 1.31. The van der Waals surface area contributed by atoms with Crippen molar-refractivity contribution >= 4 is 29.2 Å². The third-order valence-corrected chi connectivity index (χ3v) is 5.53. The van der Waals surface area contributed by atoms with Crippen LogP contribution >= 0.6 is 0 Å². The van der Waals surface area contributed by atoms with Crippen LogP contribution in [0.3, 0.4) is 0 Å². The van der Waals surface area contributed by atoms with E-state index in [1.54, 1.807) is 34.9 Å². The molecule has 2 aliphatic rings. The van der Waals surface area contributed by atoms with Gasteiger partial charge in [0.1, 0.15) is 5.76 Å². The molecular formula is C21H24N4O4. The van der Waals surface area contributed by atoms with Crippen LogP contribution in [0.25, 0.3) is 0 Å². The lowest BCUT2D eigenvalue weighted by Crippen LogP contribution is -2.41. The van der Waals surface area contributed by atoms with Crippen molar-refractivity contribution in [2.75, 3.05) is 29.9 Å². The SMILES string of the molecule is Cc1cc(NC(=O)C2CCN(C(=O)c3ccc(N4CCCC4=O)cc3)CC2)no1. The van der Waals surface area contributed by atoms with Gasteiger partial charge in [0.15, 0.2) is 5.82 Å². The van der Waals surface area contributed by atoms with Crippen molar-refractivity contribution in [1.29, 1.82) is 0 Å². The van der Waals surface area contributed by atoms with Gasteiger partial charge in [0, 0.05) is 49.3 Å². The molecule has 8 heteroatoms. The molecule has 0 spiro atoms. The molecule has 2 aromatic rings. The van der Waals surface area contributed by atoms with Gasteiger partial charge in [-0.15, -0.1) is 0 Å². The summed E-state index contributed by atoms with van der Waals surface area (Å²) < 4.78 is 4.96. The maximum absolute atomic E-state index is 12.8. The highest BCUT2D eigenvalue weighted by molar-refractivity contribution is 5.98. The van der Waals surface area contributed by atoms with E-state index < -0.39 is 0 Å². The lowest BCUT2D eigenvalue weighted by atomic mass is 9.95. The second kappa shape index (κ2) is 8.06. The number of hydrogen-bond acceptors (Lipinski definition) is 5. The Kier molecular flexibility index (Phi) is 5.33. The maximum atomic E-state index is 12.8. The lowest BCUT2D eigenvalue weighted by Gasteiger charge is -2.31. The summed E-state index contributed by atoms with van der Waals surface area (Å²) in [5.41, 5.74) is 1.43. The average Bonchev–Trinajstić information content (AvgIpc) is 3.35. The molecule has 0 aliphatic carbocycles. The molecule has 1 aromatic carbocycles. The van der Waals surface area contributed by atoms with Crippen LogP contribution in [-0.2, 0) is 9.59 Å². The van der Waals surface area contributed by atoms with Crippen molar-refractivity contribution in [2.45, 2.75) is 32.6 Å². The number of likely N-dealkylation sites (tertiary alicyclic amines) is 1. The standard InChI is InChI=1S/C21H24N4O4/c1-14-13-18(23-29-14)22-20(27)15-8-11-24(12-9-15)21(28)16-4-6-17(7-5-16)25-10-2-3-19(25)26/h4-7,13,15H,2-3,8-12H2,1H3,(H,22,23,27). The minimum atomic E-state index is -0.153. The average molecular weight is 396 g/mol. The van der Waals surface area contributed by atoms with Crippen molar-refractivity contribution < 1.29 is 18.9 Å². The van der Waals surface area contributed by atoms with E-state index in [1.807, 2.05) is 12.1 Å². The zero-order valence-electron chi connectivity index (χ0n) is 16.4. The first-order valence-electron chi connectivity index (χ1n) is 9.95. The smallest absolute Gasteiger partial charge is 0.253 e. The summed E-state index contributed by atoms with van der Waals surface area (Å²) in [4.78, 5) is 40.6. The quantitative estimate of drug-likeness (QED) is 0.857. The highest BCUT2D eigenvalue weighted by Crippen LogP contribution is 2.24. The number of nitrogens with one attached hydrogen (secondary N) is 1. The minimum absolute atomic E-state index is 0.0460. The fourth-order valence-electron chi connectivity index (χ4n) is 3.89. The van der Waals surface area contributed by atoms with E-state index in [1.165, 1.54) is 0 Å². The van der Waals surface area contributed by atoms with Crippen molar-refractivity contribution in [2.24, 2.45) is 5.92 Å². The fraction of sp³-hybridized carbons (Fsp3) is 0.429. The number of hydrogen-bond donors (Lipinski definition) is 1. The molecule has 8 nitrogen and oxygen atoms in total. The van der Waals surface area contributed by atoms with E-state index in [2.05, 4.69) is 10.5 Å². The van der Waals surface area contributed by atoms with E-state index in [4.69, 9.17) is 4.52 Å². The van der Waals surface area contributed by atoms with Crippen LogP contribution in [0.4, 0.5) is 11.5 Å². The third kappa shape index (κ3) is 4.16. The third-order valence-electron chi connectivity index (χ3n) is 5.53. The normalized spacial score (nSPS) is 17.6. The Labute approximate surface area is 168 Å². The number of piperidine rings is 1. The molecule has 2 saturated heterocycles. The van der Waals surface area contributed by atoms with Gasteiger partial charge in [0.05, 0.1) is 0 Å². The number of amides is 3. The Morgan fingerprint density at radius 2 is 1.86 bits per heavy atom. The van der Waals surface area contributed by atoms with E-state index in [-0.39, 0.29) is 23.6 Å². The van der Waals surface area contributed by atoms with Crippen molar-refractivity contribution in [3.8, 4) is 0 Å². The first-order chi connectivity index (χ1) is 14.0. The molecule has 3 heterocycles. The molecule has 0 atom stereocenters. The summed E-state index contributed by atoms with van der Waals surface area (Å²) >= 11 is 0. The Morgan fingerprint density at radius 3 is 2.45 bits per heavy atom. The summed E-state index contributed by atoms with van der Waals surface area (Å²) in [5.74, 6) is 0.897. The molecule has 152 valence electrons. The first-order valence-corrected chi connectivity index (χ1v) is 9.95. The Morgan fingerprint density at radius 1 is 1.14 bits per heavy atom. The van der Waals surface area contributed by atoms with Crippen molar-refractivity contribution in [3.63, 3.8) is 0 Å². The molecule has 0 bridgehead atoms. The Bertz CT molecular complexity index is 913. The van der Waals surface area contributed by atoms with Crippen LogP contribution in [-0.4, -0.2) is 47.4 Å². The van der Waals surface area contributed by atoms with Crippen molar-refractivity contribution in [3.05, 3.63) is 41.7 Å². The first kappa shape index (κ1) is 19.2. The van der Waals surface area contributed by atoms with Gasteiger partial charge in [-0.2, -0.15) is 0 Å². The molecule has 1 N–H and O–H groups in total. The zero-order valence-corrected chi connectivity index (χ0v) is 16.4. The molecule has 3 amide bonds. The van der Waals surface area contributed by atoms with Gasteiger partial charge >= 0.3 is 0 Å². The number of rotatable bonds is 4. The topological polar surface area (TPSA) is 95.8 Å². The van der Waals surface area contributed by atoms with Gasteiger partial charge < -0.3 is 19.6 Å². The summed E-state index contributed by atoms with van der Waals surface area (Å²) in [6, 6.07) is 8.88. The molecular weight excluding hydrogens is 372 g/mol. The van der Waals surface area contributed by atoms with Gasteiger partial charge in [-0.3, -0.25) is 14.4 Å². The molecule has 2 fully saturated rings. The molecule has 0 unspecified atom stereocenters. The summed E-state index contributed by atoms with van der Waals surface area (Å²) in [7, 11) is 0. The van der Waals surface area contributed by atoms with E-state index >= 15 is 0 Å². The van der Waals surface area contributed by atoms with Crippen LogP contribution in [0, 0.1) is 12.8 Å². The van der Waals surface area contributed by atoms with Gasteiger partial charge in [-0.25, -0.2) is 0 Å². The summed E-state index contributed by atoms with van der Waals surface area (Å²) in [6.07, 6.45) is 2.67. The maximum Gasteiger partial charge on any atom is 0.253 e. The predicted molar refractivity (Wildman–Crippen MR) is 107 cm³/mol. The number of carbonyl (C=O) groups is 3. The number of anilines is 2.